The molecule has 41 heavy (non-hydrogen) atoms. The van der Waals surface area contributed by atoms with E-state index in [1.54, 1.807) is 55.5 Å². The summed E-state index contributed by atoms with van der Waals surface area (Å²) in [5.74, 6) is 0.354. The minimum absolute atomic E-state index is 0.207. The molecule has 1 aliphatic rings. The second-order valence-corrected chi connectivity index (χ2v) is 11.3. The standard InChI is InChI=1S/C30H23Cl3N2O5S/c1-16-26(29(37)39-3)27(21-14-20(32)9-11-24(21)38-2)35-28(36)25(41-30(35)34-16)13-18-12-19(31)8-10-23(18)40-15-17-6-4-5-7-22(17)33/h4-14,27H,15H2,1-3H3/b25-13-/t27-/m1/s1. The van der Waals surface area contributed by atoms with Crippen molar-refractivity contribution in [1.82, 2.24) is 4.57 Å². The second-order valence-electron chi connectivity index (χ2n) is 9.02. The number of aromatic nitrogens is 1. The van der Waals surface area contributed by atoms with Gasteiger partial charge in [0.05, 0.1) is 30.0 Å². The third kappa shape index (κ3) is 5.78. The molecule has 0 fully saturated rings. The molecular formula is C30H23Cl3N2O5S. The Kier molecular flexibility index (Phi) is 8.56. The van der Waals surface area contributed by atoms with Crippen molar-refractivity contribution in [2.75, 3.05) is 14.2 Å². The Morgan fingerprint density at radius 2 is 1.73 bits per heavy atom. The van der Waals surface area contributed by atoms with Crippen LogP contribution in [0, 0.1) is 0 Å². The Bertz CT molecular complexity index is 1880. The number of allylic oxidation sites excluding steroid dienone is 1. The Morgan fingerprint density at radius 3 is 2.44 bits per heavy atom. The number of hydrogen-bond donors (Lipinski definition) is 0. The number of halogens is 3. The predicted molar refractivity (Wildman–Crippen MR) is 161 cm³/mol. The minimum Gasteiger partial charge on any atom is -0.496 e. The summed E-state index contributed by atoms with van der Waals surface area (Å²) in [5.41, 5.74) is 2.19. The average molecular weight is 630 g/mol. The van der Waals surface area contributed by atoms with E-state index in [0.29, 0.717) is 52.7 Å². The van der Waals surface area contributed by atoms with E-state index >= 15 is 0 Å². The second kappa shape index (κ2) is 12.1. The minimum atomic E-state index is -0.884. The highest BCUT2D eigenvalue weighted by atomic mass is 35.5. The van der Waals surface area contributed by atoms with Gasteiger partial charge in [-0.2, -0.15) is 0 Å². The molecule has 0 saturated carbocycles. The fraction of sp³-hybridized carbons (Fsp3) is 0.167. The third-order valence-electron chi connectivity index (χ3n) is 6.51. The quantitative estimate of drug-likeness (QED) is 0.236. The van der Waals surface area contributed by atoms with E-state index < -0.39 is 12.0 Å². The molecule has 2 heterocycles. The van der Waals surface area contributed by atoms with Crippen LogP contribution < -0.4 is 24.4 Å². The zero-order valence-electron chi connectivity index (χ0n) is 22.1. The lowest BCUT2D eigenvalue weighted by Crippen LogP contribution is -2.40. The van der Waals surface area contributed by atoms with Crippen molar-refractivity contribution in [3.8, 4) is 11.5 Å². The van der Waals surface area contributed by atoms with E-state index in [1.807, 2.05) is 18.2 Å². The summed E-state index contributed by atoms with van der Waals surface area (Å²) < 4.78 is 18.6. The van der Waals surface area contributed by atoms with Crippen molar-refractivity contribution in [3.63, 3.8) is 0 Å². The van der Waals surface area contributed by atoms with Crippen LogP contribution >= 0.6 is 46.1 Å². The topological polar surface area (TPSA) is 79.1 Å². The zero-order valence-corrected chi connectivity index (χ0v) is 25.2. The number of carbonyl (C=O) groups excluding carboxylic acids is 1. The van der Waals surface area contributed by atoms with Gasteiger partial charge >= 0.3 is 5.97 Å². The molecule has 1 aromatic heterocycles. The van der Waals surface area contributed by atoms with E-state index in [-0.39, 0.29) is 17.7 Å². The maximum absolute atomic E-state index is 14.0. The van der Waals surface area contributed by atoms with E-state index in [2.05, 4.69) is 4.99 Å². The molecule has 11 heteroatoms. The Morgan fingerprint density at radius 1 is 1.02 bits per heavy atom. The van der Waals surface area contributed by atoms with Gasteiger partial charge in [0.2, 0.25) is 0 Å². The predicted octanol–water partition coefficient (Wildman–Crippen LogP) is 5.96. The molecule has 0 aliphatic carbocycles. The van der Waals surface area contributed by atoms with Gasteiger partial charge in [-0.05, 0) is 55.5 Å². The smallest absolute Gasteiger partial charge is 0.338 e. The molecular weight excluding hydrogens is 607 g/mol. The number of fused-ring (bicyclic) bond motifs is 1. The van der Waals surface area contributed by atoms with Crippen molar-refractivity contribution in [1.29, 1.82) is 0 Å². The highest BCUT2D eigenvalue weighted by Crippen LogP contribution is 2.37. The monoisotopic (exact) mass is 628 g/mol. The number of carbonyl (C=O) groups is 1. The number of nitrogens with zero attached hydrogens (tertiary/aromatic N) is 2. The zero-order chi connectivity index (χ0) is 29.3. The van der Waals surface area contributed by atoms with E-state index in [1.165, 1.54) is 30.1 Å². The normalized spacial score (nSPS) is 14.9. The number of hydrogen-bond acceptors (Lipinski definition) is 7. The summed E-state index contributed by atoms with van der Waals surface area (Å²) in [5, 5.41) is 1.48. The maximum atomic E-state index is 14.0. The lowest BCUT2D eigenvalue weighted by atomic mass is 9.95. The molecule has 0 unspecified atom stereocenters. The highest BCUT2D eigenvalue weighted by Gasteiger charge is 2.35. The van der Waals surface area contributed by atoms with Gasteiger partial charge in [0, 0.05) is 31.8 Å². The number of methoxy groups -OCH3 is 2. The summed E-state index contributed by atoms with van der Waals surface area (Å²) in [6.07, 6.45) is 1.70. The van der Waals surface area contributed by atoms with Crippen LogP contribution in [0.5, 0.6) is 11.5 Å². The molecule has 0 spiro atoms. The summed E-state index contributed by atoms with van der Waals surface area (Å²) in [7, 11) is 2.79. The highest BCUT2D eigenvalue weighted by molar-refractivity contribution is 7.07. The number of esters is 1. The fourth-order valence-corrected chi connectivity index (χ4v) is 6.17. The van der Waals surface area contributed by atoms with Gasteiger partial charge < -0.3 is 14.2 Å². The van der Waals surface area contributed by atoms with Gasteiger partial charge in [0.1, 0.15) is 24.1 Å². The molecule has 3 aromatic carbocycles. The molecule has 0 radical (unpaired) electrons. The fourth-order valence-electron chi connectivity index (χ4n) is 4.58. The van der Waals surface area contributed by atoms with Crippen molar-refractivity contribution >= 4 is 58.2 Å². The molecule has 0 bridgehead atoms. The van der Waals surface area contributed by atoms with Crippen LogP contribution in [0.15, 0.2) is 81.7 Å². The van der Waals surface area contributed by atoms with Crippen LogP contribution in [-0.4, -0.2) is 24.8 Å². The number of benzene rings is 3. The van der Waals surface area contributed by atoms with Crippen LogP contribution in [0.1, 0.15) is 29.7 Å². The number of thiazole rings is 1. The first kappa shape index (κ1) is 29.0. The van der Waals surface area contributed by atoms with Crippen LogP contribution in [-0.2, 0) is 16.1 Å². The van der Waals surface area contributed by atoms with Crippen molar-refractivity contribution < 1.29 is 19.0 Å². The van der Waals surface area contributed by atoms with Crippen molar-refractivity contribution in [2.24, 2.45) is 4.99 Å². The van der Waals surface area contributed by atoms with Crippen LogP contribution in [0.4, 0.5) is 0 Å². The average Bonchev–Trinajstić information content (AvgIpc) is 3.26. The molecule has 1 atom stereocenters. The van der Waals surface area contributed by atoms with Gasteiger partial charge in [-0.1, -0.05) is 64.3 Å². The van der Waals surface area contributed by atoms with Crippen LogP contribution in [0.25, 0.3) is 6.08 Å². The Hall–Kier alpha value is -3.56. The SMILES string of the molecule is COC(=O)C1=C(C)N=c2s/c(=C\c3cc(Cl)ccc3OCc3ccccc3Cl)c(=O)n2[C@@H]1c1cc(Cl)ccc1OC. The van der Waals surface area contributed by atoms with Gasteiger partial charge in [0.15, 0.2) is 4.80 Å². The summed E-state index contributed by atoms with van der Waals surface area (Å²) >= 11 is 20.2. The molecule has 5 rings (SSSR count). The molecule has 4 aromatic rings. The van der Waals surface area contributed by atoms with E-state index in [0.717, 1.165) is 5.56 Å². The Balaban J connectivity index is 1.67. The number of ether oxygens (including phenoxy) is 3. The van der Waals surface area contributed by atoms with Crippen molar-refractivity contribution in [2.45, 2.75) is 19.6 Å². The van der Waals surface area contributed by atoms with Gasteiger partial charge in [-0.3, -0.25) is 9.36 Å². The molecule has 1 aliphatic heterocycles. The Labute approximate surface area is 254 Å². The summed E-state index contributed by atoms with van der Waals surface area (Å²) in [6.45, 7) is 1.92. The summed E-state index contributed by atoms with van der Waals surface area (Å²) in [4.78, 5) is 32.0. The van der Waals surface area contributed by atoms with Crippen molar-refractivity contribution in [3.05, 3.63) is 123 Å². The van der Waals surface area contributed by atoms with E-state index in [9.17, 15) is 9.59 Å². The first-order valence-electron chi connectivity index (χ1n) is 12.3. The van der Waals surface area contributed by atoms with Gasteiger partial charge in [0.25, 0.3) is 5.56 Å². The van der Waals surface area contributed by atoms with E-state index in [4.69, 9.17) is 49.0 Å². The van der Waals surface area contributed by atoms with Crippen LogP contribution in [0.3, 0.4) is 0 Å². The lowest BCUT2D eigenvalue weighted by Gasteiger charge is -2.25. The van der Waals surface area contributed by atoms with Crippen LogP contribution in [0.2, 0.25) is 15.1 Å². The first-order chi connectivity index (χ1) is 19.7. The molecule has 210 valence electrons. The third-order valence-corrected chi connectivity index (χ3v) is 8.33. The molecule has 0 saturated heterocycles. The largest absolute Gasteiger partial charge is 0.496 e. The molecule has 7 nitrogen and oxygen atoms in total. The van der Waals surface area contributed by atoms with Gasteiger partial charge in [-0.15, -0.1) is 0 Å². The summed E-state index contributed by atoms with van der Waals surface area (Å²) in [6, 6.07) is 16.7. The molecule has 0 N–H and O–H groups in total. The lowest BCUT2D eigenvalue weighted by molar-refractivity contribution is -0.136. The molecule has 0 amide bonds. The van der Waals surface area contributed by atoms with Gasteiger partial charge in [-0.25, -0.2) is 9.79 Å². The number of rotatable bonds is 7. The maximum Gasteiger partial charge on any atom is 0.338 e. The first-order valence-corrected chi connectivity index (χ1v) is 14.3.